The predicted octanol–water partition coefficient (Wildman–Crippen LogP) is 4.33. The standard InChI is InChI=1S/C23H25NO4/c1-4-20(28-19-11-10-17-7-5-6-8-18(17)14-19)23(25)24-15-16-9-12-21(26-2)22(13-16)27-3/h5-14,20H,4,15H2,1-3H3,(H,24,25)/t20-/m1/s1. The first-order valence-corrected chi connectivity index (χ1v) is 9.28. The van der Waals surface area contributed by atoms with E-state index in [9.17, 15) is 4.79 Å². The summed E-state index contributed by atoms with van der Waals surface area (Å²) in [5, 5.41) is 5.16. The molecule has 1 atom stereocenters. The highest BCUT2D eigenvalue weighted by molar-refractivity contribution is 5.84. The summed E-state index contributed by atoms with van der Waals surface area (Å²) in [6.45, 7) is 2.32. The summed E-state index contributed by atoms with van der Waals surface area (Å²) in [6.07, 6.45) is 0.0197. The molecule has 5 nitrogen and oxygen atoms in total. The SMILES string of the molecule is CC[C@@H](Oc1ccc2ccccc2c1)C(=O)NCc1ccc(OC)c(OC)c1. The second kappa shape index (κ2) is 9.13. The second-order valence-corrected chi connectivity index (χ2v) is 6.43. The molecule has 0 radical (unpaired) electrons. The molecule has 0 spiro atoms. The number of carbonyl (C=O) groups is 1. The van der Waals surface area contributed by atoms with Crippen molar-refractivity contribution in [2.45, 2.75) is 26.0 Å². The maximum Gasteiger partial charge on any atom is 0.261 e. The minimum absolute atomic E-state index is 0.148. The molecule has 0 heterocycles. The molecule has 5 heteroatoms. The summed E-state index contributed by atoms with van der Waals surface area (Å²) >= 11 is 0. The molecule has 3 rings (SSSR count). The molecule has 0 saturated heterocycles. The average molecular weight is 379 g/mol. The van der Waals surface area contributed by atoms with E-state index in [0.717, 1.165) is 16.3 Å². The molecule has 0 aliphatic heterocycles. The molecule has 0 saturated carbocycles. The summed E-state index contributed by atoms with van der Waals surface area (Å²) in [5.41, 5.74) is 0.923. The molecule has 0 aliphatic carbocycles. The number of ether oxygens (including phenoxy) is 3. The lowest BCUT2D eigenvalue weighted by atomic mass is 10.1. The summed E-state index contributed by atoms with van der Waals surface area (Å²) in [6, 6.07) is 19.5. The van der Waals surface area contributed by atoms with Crippen LogP contribution in [0.5, 0.6) is 17.2 Å². The molecule has 0 aliphatic rings. The van der Waals surface area contributed by atoms with Gasteiger partial charge in [-0.3, -0.25) is 4.79 Å². The smallest absolute Gasteiger partial charge is 0.261 e. The van der Waals surface area contributed by atoms with Gasteiger partial charge in [-0.05, 0) is 47.0 Å². The van der Waals surface area contributed by atoms with Crippen LogP contribution in [0.4, 0.5) is 0 Å². The van der Waals surface area contributed by atoms with Crippen LogP contribution in [0.1, 0.15) is 18.9 Å². The van der Waals surface area contributed by atoms with Crippen LogP contribution in [-0.2, 0) is 11.3 Å². The number of hydrogen-bond acceptors (Lipinski definition) is 4. The van der Waals surface area contributed by atoms with Crippen molar-refractivity contribution in [3.8, 4) is 17.2 Å². The highest BCUT2D eigenvalue weighted by Gasteiger charge is 2.18. The first-order valence-electron chi connectivity index (χ1n) is 9.28. The van der Waals surface area contributed by atoms with Gasteiger partial charge in [-0.1, -0.05) is 43.3 Å². The zero-order chi connectivity index (χ0) is 19.9. The van der Waals surface area contributed by atoms with E-state index < -0.39 is 6.10 Å². The predicted molar refractivity (Wildman–Crippen MR) is 110 cm³/mol. The van der Waals surface area contributed by atoms with Gasteiger partial charge in [-0.25, -0.2) is 0 Å². The quantitative estimate of drug-likeness (QED) is 0.633. The number of carbonyl (C=O) groups excluding carboxylic acids is 1. The van der Waals surface area contributed by atoms with Gasteiger partial charge in [0.1, 0.15) is 5.75 Å². The van der Waals surface area contributed by atoms with E-state index in [1.165, 1.54) is 0 Å². The van der Waals surface area contributed by atoms with E-state index in [2.05, 4.69) is 5.32 Å². The third-order valence-electron chi connectivity index (χ3n) is 4.58. The molecule has 1 N–H and O–H groups in total. The molecule has 146 valence electrons. The van der Waals surface area contributed by atoms with Crippen LogP contribution in [0, 0.1) is 0 Å². The normalized spacial score (nSPS) is 11.7. The number of methoxy groups -OCH3 is 2. The fourth-order valence-corrected chi connectivity index (χ4v) is 3.02. The Labute approximate surface area is 165 Å². The minimum Gasteiger partial charge on any atom is -0.493 e. The summed E-state index contributed by atoms with van der Waals surface area (Å²) < 4.78 is 16.5. The highest BCUT2D eigenvalue weighted by atomic mass is 16.5. The third-order valence-corrected chi connectivity index (χ3v) is 4.58. The van der Waals surface area contributed by atoms with Crippen LogP contribution in [0.15, 0.2) is 60.7 Å². The fourth-order valence-electron chi connectivity index (χ4n) is 3.02. The van der Waals surface area contributed by atoms with Crippen molar-refractivity contribution in [2.24, 2.45) is 0 Å². The molecule has 0 bridgehead atoms. The maximum atomic E-state index is 12.6. The van der Waals surface area contributed by atoms with E-state index >= 15 is 0 Å². The van der Waals surface area contributed by atoms with E-state index in [4.69, 9.17) is 14.2 Å². The Morgan fingerprint density at radius 3 is 2.39 bits per heavy atom. The zero-order valence-corrected chi connectivity index (χ0v) is 16.4. The van der Waals surface area contributed by atoms with Gasteiger partial charge in [0.25, 0.3) is 5.91 Å². The molecule has 0 unspecified atom stereocenters. The monoisotopic (exact) mass is 379 g/mol. The Bertz CT molecular complexity index is 954. The van der Waals surface area contributed by atoms with Crippen molar-refractivity contribution >= 4 is 16.7 Å². The van der Waals surface area contributed by atoms with Crippen LogP contribution in [0.3, 0.4) is 0 Å². The largest absolute Gasteiger partial charge is 0.493 e. The number of nitrogens with one attached hydrogen (secondary N) is 1. The molecule has 28 heavy (non-hydrogen) atoms. The molecule has 3 aromatic rings. The summed E-state index contributed by atoms with van der Waals surface area (Å²) in [5.74, 6) is 1.83. The van der Waals surface area contributed by atoms with Gasteiger partial charge in [-0.2, -0.15) is 0 Å². The van der Waals surface area contributed by atoms with Crippen LogP contribution in [0.2, 0.25) is 0 Å². The Kier molecular flexibility index (Phi) is 6.37. The van der Waals surface area contributed by atoms with Gasteiger partial charge >= 0.3 is 0 Å². The van der Waals surface area contributed by atoms with Gasteiger partial charge in [0.05, 0.1) is 14.2 Å². The minimum atomic E-state index is -0.554. The van der Waals surface area contributed by atoms with Crippen molar-refractivity contribution in [1.82, 2.24) is 5.32 Å². The number of fused-ring (bicyclic) bond motifs is 1. The first-order chi connectivity index (χ1) is 13.6. The number of rotatable bonds is 8. The van der Waals surface area contributed by atoms with Gasteiger partial charge < -0.3 is 19.5 Å². The van der Waals surface area contributed by atoms with E-state index in [1.807, 2.05) is 67.6 Å². The molecule has 0 fully saturated rings. The van der Waals surface area contributed by atoms with Gasteiger partial charge in [0.15, 0.2) is 17.6 Å². The van der Waals surface area contributed by atoms with E-state index in [-0.39, 0.29) is 5.91 Å². The Morgan fingerprint density at radius 2 is 1.68 bits per heavy atom. The third kappa shape index (κ3) is 4.55. The number of benzene rings is 3. The lowest BCUT2D eigenvalue weighted by molar-refractivity contribution is -0.128. The fraction of sp³-hybridized carbons (Fsp3) is 0.261. The second-order valence-electron chi connectivity index (χ2n) is 6.43. The van der Waals surface area contributed by atoms with Crippen molar-refractivity contribution in [3.05, 3.63) is 66.2 Å². The Balaban J connectivity index is 1.64. The zero-order valence-electron chi connectivity index (χ0n) is 16.4. The summed E-state index contributed by atoms with van der Waals surface area (Å²) in [4.78, 5) is 12.6. The van der Waals surface area contributed by atoms with Gasteiger partial charge in [0.2, 0.25) is 0 Å². The van der Waals surface area contributed by atoms with Crippen molar-refractivity contribution in [2.75, 3.05) is 14.2 Å². The first kappa shape index (κ1) is 19.5. The Morgan fingerprint density at radius 1 is 0.929 bits per heavy atom. The van der Waals surface area contributed by atoms with Crippen LogP contribution < -0.4 is 19.5 Å². The lowest BCUT2D eigenvalue weighted by Gasteiger charge is -2.18. The Hall–Kier alpha value is -3.21. The van der Waals surface area contributed by atoms with E-state index in [0.29, 0.717) is 30.2 Å². The van der Waals surface area contributed by atoms with Crippen molar-refractivity contribution in [1.29, 1.82) is 0 Å². The number of amides is 1. The topological polar surface area (TPSA) is 56.8 Å². The molecular formula is C23H25NO4. The molecule has 0 aromatic heterocycles. The van der Waals surface area contributed by atoms with Crippen LogP contribution in [0.25, 0.3) is 10.8 Å². The molecule has 1 amide bonds. The van der Waals surface area contributed by atoms with Gasteiger partial charge in [0, 0.05) is 6.54 Å². The molecular weight excluding hydrogens is 354 g/mol. The van der Waals surface area contributed by atoms with Gasteiger partial charge in [-0.15, -0.1) is 0 Å². The van der Waals surface area contributed by atoms with Crippen molar-refractivity contribution in [3.63, 3.8) is 0 Å². The highest BCUT2D eigenvalue weighted by Crippen LogP contribution is 2.27. The molecule has 3 aromatic carbocycles. The van der Waals surface area contributed by atoms with Crippen LogP contribution in [-0.4, -0.2) is 26.2 Å². The lowest BCUT2D eigenvalue weighted by Crippen LogP contribution is -2.37. The van der Waals surface area contributed by atoms with Crippen LogP contribution >= 0.6 is 0 Å². The summed E-state index contributed by atoms with van der Waals surface area (Å²) in [7, 11) is 3.18. The maximum absolute atomic E-state index is 12.6. The van der Waals surface area contributed by atoms with E-state index in [1.54, 1.807) is 14.2 Å². The average Bonchev–Trinajstić information content (AvgIpc) is 2.75. The van der Waals surface area contributed by atoms with Crippen molar-refractivity contribution < 1.29 is 19.0 Å². The number of hydrogen-bond donors (Lipinski definition) is 1.